The van der Waals surface area contributed by atoms with Crippen LogP contribution in [0.1, 0.15) is 24.8 Å². The van der Waals surface area contributed by atoms with Gasteiger partial charge in [-0.05, 0) is 48.6 Å². The molecule has 1 heterocycles. The third kappa shape index (κ3) is 5.16. The van der Waals surface area contributed by atoms with Crippen LogP contribution < -0.4 is 9.46 Å². The number of thiazole rings is 1. The van der Waals surface area contributed by atoms with E-state index in [1.807, 2.05) is 6.08 Å². The van der Waals surface area contributed by atoms with Crippen molar-refractivity contribution in [3.63, 3.8) is 0 Å². The molecule has 1 aliphatic rings. The SMILES string of the molecule is O=S(Nc1cscn1)c1cc(F)c(OCC2CCCC=C2c2ccc(Cl)c(F)c2)cc1F. The van der Waals surface area contributed by atoms with Gasteiger partial charge in [0.15, 0.2) is 22.6 Å². The van der Waals surface area contributed by atoms with Crippen molar-refractivity contribution in [1.82, 2.24) is 4.98 Å². The van der Waals surface area contributed by atoms with Gasteiger partial charge in [0.1, 0.15) is 17.5 Å². The Kier molecular flexibility index (Phi) is 7.17. The third-order valence-corrected chi connectivity index (χ3v) is 7.07. The second kappa shape index (κ2) is 10.1. The largest absolute Gasteiger partial charge is 0.490 e. The maximum Gasteiger partial charge on any atom is 0.166 e. The number of nitrogens with zero attached hydrogens (tertiary/aromatic N) is 1. The Hall–Kier alpha value is -2.36. The van der Waals surface area contributed by atoms with Crippen LogP contribution in [0.4, 0.5) is 19.0 Å². The zero-order valence-electron chi connectivity index (χ0n) is 16.6. The van der Waals surface area contributed by atoms with Crippen LogP contribution in [0.15, 0.2) is 52.2 Å². The Bertz CT molecular complexity index is 1170. The molecule has 32 heavy (non-hydrogen) atoms. The molecular formula is C22H18ClF3N2O2S2. The fourth-order valence-corrected chi connectivity index (χ4v) is 5.05. The summed E-state index contributed by atoms with van der Waals surface area (Å²) in [4.78, 5) is 3.58. The smallest absolute Gasteiger partial charge is 0.166 e. The number of anilines is 1. The minimum absolute atomic E-state index is 0.0391. The van der Waals surface area contributed by atoms with Crippen molar-refractivity contribution in [3.8, 4) is 5.75 Å². The predicted molar refractivity (Wildman–Crippen MR) is 121 cm³/mol. The van der Waals surface area contributed by atoms with E-state index in [2.05, 4.69) is 9.71 Å². The number of hydrogen-bond acceptors (Lipinski definition) is 4. The molecule has 10 heteroatoms. The number of hydrogen-bond donors (Lipinski definition) is 1. The van der Waals surface area contributed by atoms with Gasteiger partial charge in [0.05, 0.1) is 22.0 Å². The van der Waals surface area contributed by atoms with E-state index in [0.29, 0.717) is 11.4 Å². The average molecular weight is 499 g/mol. The van der Waals surface area contributed by atoms with Crippen LogP contribution in [0.5, 0.6) is 5.75 Å². The number of ether oxygens (including phenoxy) is 1. The van der Waals surface area contributed by atoms with Crippen LogP contribution in [0.2, 0.25) is 5.02 Å². The van der Waals surface area contributed by atoms with E-state index in [-0.39, 0.29) is 28.2 Å². The van der Waals surface area contributed by atoms with Gasteiger partial charge in [-0.15, -0.1) is 11.3 Å². The normalized spacial score (nSPS) is 17.0. The van der Waals surface area contributed by atoms with Crippen LogP contribution in [-0.4, -0.2) is 15.8 Å². The van der Waals surface area contributed by atoms with E-state index in [1.54, 1.807) is 11.4 Å². The molecule has 1 N–H and O–H groups in total. The van der Waals surface area contributed by atoms with E-state index < -0.39 is 28.4 Å². The molecule has 168 valence electrons. The Labute approximate surface area is 194 Å². The summed E-state index contributed by atoms with van der Waals surface area (Å²) >= 11 is 7.06. The highest BCUT2D eigenvalue weighted by Crippen LogP contribution is 2.35. The lowest BCUT2D eigenvalue weighted by Crippen LogP contribution is -2.17. The summed E-state index contributed by atoms with van der Waals surface area (Å²) in [6, 6.07) is 6.33. The van der Waals surface area contributed by atoms with Gasteiger partial charge in [-0.25, -0.2) is 22.4 Å². The van der Waals surface area contributed by atoms with E-state index in [1.165, 1.54) is 29.0 Å². The molecule has 0 amide bonds. The molecule has 1 aliphatic carbocycles. The van der Waals surface area contributed by atoms with Gasteiger partial charge in [0, 0.05) is 17.4 Å². The Morgan fingerprint density at radius 1 is 1.19 bits per heavy atom. The molecule has 0 saturated heterocycles. The zero-order valence-corrected chi connectivity index (χ0v) is 19.0. The van der Waals surface area contributed by atoms with Gasteiger partial charge in [-0.3, -0.25) is 4.72 Å². The number of allylic oxidation sites excluding steroid dienone is 1. The maximum atomic E-state index is 14.6. The van der Waals surface area contributed by atoms with Crippen molar-refractivity contribution in [2.24, 2.45) is 5.92 Å². The van der Waals surface area contributed by atoms with E-state index in [4.69, 9.17) is 16.3 Å². The van der Waals surface area contributed by atoms with E-state index >= 15 is 0 Å². The summed E-state index contributed by atoms with van der Waals surface area (Å²) in [5.74, 6) is -2.28. The number of benzene rings is 2. The van der Waals surface area contributed by atoms with Crippen molar-refractivity contribution in [2.75, 3.05) is 11.3 Å². The first-order valence-corrected chi connectivity index (χ1v) is 12.2. The molecule has 2 atom stereocenters. The molecule has 4 nitrogen and oxygen atoms in total. The number of nitrogens with one attached hydrogen (secondary N) is 1. The third-order valence-electron chi connectivity index (χ3n) is 5.07. The molecule has 0 radical (unpaired) electrons. The molecule has 3 aromatic rings. The second-order valence-electron chi connectivity index (χ2n) is 7.18. The molecule has 0 bridgehead atoms. The summed E-state index contributed by atoms with van der Waals surface area (Å²) < 4.78 is 63.5. The number of halogens is 4. The summed E-state index contributed by atoms with van der Waals surface area (Å²) in [6.45, 7) is 0.0892. The molecule has 0 fully saturated rings. The molecule has 1 aromatic heterocycles. The first-order valence-electron chi connectivity index (χ1n) is 9.76. The summed E-state index contributed by atoms with van der Waals surface area (Å²) in [5.41, 5.74) is 3.10. The van der Waals surface area contributed by atoms with Crippen LogP contribution >= 0.6 is 22.9 Å². The molecule has 0 spiro atoms. The lowest BCUT2D eigenvalue weighted by molar-refractivity contribution is 0.255. The molecule has 0 saturated carbocycles. The summed E-state index contributed by atoms with van der Waals surface area (Å²) in [7, 11) is -2.02. The second-order valence-corrected chi connectivity index (χ2v) is 9.49. The molecule has 4 rings (SSSR count). The fraction of sp³-hybridized carbons (Fsp3) is 0.227. The zero-order chi connectivity index (χ0) is 22.7. The first-order chi connectivity index (χ1) is 15.4. The average Bonchev–Trinajstić information content (AvgIpc) is 3.29. The first kappa shape index (κ1) is 22.8. The monoisotopic (exact) mass is 498 g/mol. The predicted octanol–water partition coefficient (Wildman–Crippen LogP) is 6.61. The van der Waals surface area contributed by atoms with Crippen molar-refractivity contribution in [2.45, 2.75) is 24.2 Å². The van der Waals surface area contributed by atoms with E-state index in [9.17, 15) is 17.4 Å². The maximum absolute atomic E-state index is 14.6. The van der Waals surface area contributed by atoms with Gasteiger partial charge in [0.2, 0.25) is 0 Å². The van der Waals surface area contributed by atoms with Gasteiger partial charge < -0.3 is 4.74 Å². The van der Waals surface area contributed by atoms with Crippen LogP contribution in [0.25, 0.3) is 5.57 Å². The number of aromatic nitrogens is 1. The summed E-state index contributed by atoms with van der Waals surface area (Å²) in [5, 5.41) is 1.64. The van der Waals surface area contributed by atoms with Crippen LogP contribution in [0, 0.1) is 23.4 Å². The quantitative estimate of drug-likeness (QED) is 0.398. The lowest BCUT2D eigenvalue weighted by Gasteiger charge is -2.25. The standard InChI is InChI=1S/C22H18ClF3N2O2S2/c23-16-6-5-13(7-17(16)24)15-4-2-1-3-14(15)10-30-20-8-19(26)21(9-18(20)25)32(29)28-22-11-31-12-27-22/h4-9,11-12,14,28H,1-3,10H2. The van der Waals surface area contributed by atoms with Crippen molar-refractivity contribution < 1.29 is 22.1 Å². The number of rotatable bonds is 7. The van der Waals surface area contributed by atoms with Gasteiger partial charge in [0.25, 0.3) is 0 Å². The summed E-state index contributed by atoms with van der Waals surface area (Å²) in [6.07, 6.45) is 4.52. The molecule has 2 unspecified atom stereocenters. The fourth-order valence-electron chi connectivity index (χ4n) is 3.51. The molecular weight excluding hydrogens is 481 g/mol. The van der Waals surface area contributed by atoms with Crippen LogP contribution in [0.3, 0.4) is 0 Å². The van der Waals surface area contributed by atoms with Gasteiger partial charge in [-0.2, -0.15) is 0 Å². The van der Waals surface area contributed by atoms with Gasteiger partial charge >= 0.3 is 0 Å². The molecule has 0 aliphatic heterocycles. The minimum Gasteiger partial charge on any atom is -0.490 e. The minimum atomic E-state index is -2.02. The van der Waals surface area contributed by atoms with Crippen molar-refractivity contribution in [1.29, 1.82) is 0 Å². The highest BCUT2D eigenvalue weighted by molar-refractivity contribution is 7.86. The van der Waals surface area contributed by atoms with Crippen LogP contribution in [-0.2, 0) is 11.0 Å². The van der Waals surface area contributed by atoms with E-state index in [0.717, 1.165) is 37.0 Å². The van der Waals surface area contributed by atoms with Crippen molar-refractivity contribution >= 4 is 45.3 Å². The van der Waals surface area contributed by atoms with Gasteiger partial charge in [-0.1, -0.05) is 23.7 Å². The highest BCUT2D eigenvalue weighted by Gasteiger charge is 2.23. The Morgan fingerprint density at radius 3 is 2.78 bits per heavy atom. The molecule has 2 aromatic carbocycles. The topological polar surface area (TPSA) is 51.2 Å². The highest BCUT2D eigenvalue weighted by atomic mass is 35.5. The Balaban J connectivity index is 1.48. The Morgan fingerprint density at radius 2 is 2.03 bits per heavy atom. The lowest BCUT2D eigenvalue weighted by atomic mass is 9.84. The van der Waals surface area contributed by atoms with Crippen molar-refractivity contribution in [3.05, 3.63) is 75.3 Å².